The predicted octanol–water partition coefficient (Wildman–Crippen LogP) is 2.20. The lowest BCUT2D eigenvalue weighted by atomic mass is 10.1. The summed E-state index contributed by atoms with van der Waals surface area (Å²) in [4.78, 5) is 22.7. The van der Waals surface area contributed by atoms with Gasteiger partial charge in [-0.05, 0) is 18.6 Å². The molecule has 0 bridgehead atoms. The number of benzene rings is 1. The van der Waals surface area contributed by atoms with Gasteiger partial charge in [-0.1, -0.05) is 15.9 Å². The smallest absolute Gasteiger partial charge is 0.407 e. The lowest BCUT2D eigenvalue weighted by Crippen LogP contribution is -2.34. The molecule has 1 amide bonds. The molecule has 1 aromatic rings. The lowest BCUT2D eigenvalue weighted by Gasteiger charge is -2.14. The van der Waals surface area contributed by atoms with E-state index in [4.69, 9.17) is 5.11 Å². The minimum absolute atomic E-state index is 0.0364. The molecule has 0 aliphatic carbocycles. The Morgan fingerprint density at radius 3 is 2.95 bits per heavy atom. The van der Waals surface area contributed by atoms with Crippen LogP contribution in [0.5, 0.6) is 0 Å². The lowest BCUT2D eigenvalue weighted by molar-refractivity contribution is -0.385. The average molecular weight is 344 g/mol. The van der Waals surface area contributed by atoms with E-state index >= 15 is 0 Å². The van der Waals surface area contributed by atoms with E-state index in [1.165, 1.54) is 11.0 Å². The molecule has 1 heterocycles. The highest BCUT2D eigenvalue weighted by atomic mass is 79.9. The first kappa shape index (κ1) is 14.7. The summed E-state index contributed by atoms with van der Waals surface area (Å²) in [6, 6.07) is 4.95. The van der Waals surface area contributed by atoms with Crippen molar-refractivity contribution in [1.82, 2.24) is 10.2 Å². The van der Waals surface area contributed by atoms with Crippen LogP contribution in [0.4, 0.5) is 10.5 Å². The standard InChI is InChI=1S/C12H14BrN3O4/c13-9-2-1-8(11(5-9)16(19)20)6-14-10-3-4-15(7-10)12(17)18/h1-2,5,10,14H,3-4,6-7H2,(H,17,18)/t10-/m1/s1. The SMILES string of the molecule is O=C(O)N1CC[C@@H](NCc2ccc(Br)cc2[N+](=O)[O-])C1. The first-order chi connectivity index (χ1) is 9.47. The molecule has 8 heteroatoms. The zero-order valence-electron chi connectivity index (χ0n) is 10.6. The van der Waals surface area contributed by atoms with Crippen molar-refractivity contribution in [3.8, 4) is 0 Å². The summed E-state index contributed by atoms with van der Waals surface area (Å²) in [6.45, 7) is 1.26. The van der Waals surface area contributed by atoms with E-state index in [9.17, 15) is 14.9 Å². The Hall–Kier alpha value is -1.67. The van der Waals surface area contributed by atoms with Gasteiger partial charge in [0, 0.05) is 41.8 Å². The van der Waals surface area contributed by atoms with Crippen LogP contribution in [0.25, 0.3) is 0 Å². The zero-order chi connectivity index (χ0) is 14.7. The van der Waals surface area contributed by atoms with Crippen LogP contribution in [0, 0.1) is 10.1 Å². The van der Waals surface area contributed by atoms with Gasteiger partial charge in [0.1, 0.15) is 0 Å². The zero-order valence-corrected chi connectivity index (χ0v) is 12.2. The molecule has 20 heavy (non-hydrogen) atoms. The first-order valence-corrected chi connectivity index (χ1v) is 6.90. The van der Waals surface area contributed by atoms with Gasteiger partial charge in [-0.3, -0.25) is 10.1 Å². The molecule has 1 saturated heterocycles. The van der Waals surface area contributed by atoms with Gasteiger partial charge in [0.25, 0.3) is 5.69 Å². The highest BCUT2D eigenvalue weighted by Crippen LogP contribution is 2.23. The Morgan fingerprint density at radius 1 is 1.60 bits per heavy atom. The molecule has 0 unspecified atom stereocenters. The summed E-state index contributed by atoms with van der Waals surface area (Å²) in [5.74, 6) is 0. The van der Waals surface area contributed by atoms with Crippen LogP contribution in [-0.4, -0.2) is 40.2 Å². The topological polar surface area (TPSA) is 95.7 Å². The molecule has 1 aromatic carbocycles. The Labute approximate surface area is 123 Å². The van der Waals surface area contributed by atoms with Crippen molar-refractivity contribution in [2.45, 2.75) is 19.0 Å². The third-order valence-electron chi connectivity index (χ3n) is 3.28. The van der Waals surface area contributed by atoms with E-state index in [-0.39, 0.29) is 11.7 Å². The molecule has 0 spiro atoms. The number of hydrogen-bond acceptors (Lipinski definition) is 4. The quantitative estimate of drug-likeness (QED) is 0.645. The van der Waals surface area contributed by atoms with E-state index in [1.807, 2.05) is 0 Å². The largest absolute Gasteiger partial charge is 0.465 e. The van der Waals surface area contributed by atoms with E-state index in [2.05, 4.69) is 21.2 Å². The van der Waals surface area contributed by atoms with Crippen LogP contribution in [0.1, 0.15) is 12.0 Å². The maximum Gasteiger partial charge on any atom is 0.407 e. The normalized spacial score (nSPS) is 18.2. The number of nitrogens with zero attached hydrogens (tertiary/aromatic N) is 2. The average Bonchev–Trinajstić information content (AvgIpc) is 2.86. The highest BCUT2D eigenvalue weighted by Gasteiger charge is 2.26. The van der Waals surface area contributed by atoms with Crippen molar-refractivity contribution >= 4 is 27.7 Å². The van der Waals surface area contributed by atoms with Gasteiger partial charge in [0.05, 0.1) is 4.92 Å². The van der Waals surface area contributed by atoms with Crippen molar-refractivity contribution in [3.05, 3.63) is 38.3 Å². The number of amides is 1. The Morgan fingerprint density at radius 2 is 2.35 bits per heavy atom. The van der Waals surface area contributed by atoms with Crippen LogP contribution >= 0.6 is 15.9 Å². The molecule has 0 radical (unpaired) electrons. The molecule has 2 rings (SSSR count). The fourth-order valence-electron chi connectivity index (χ4n) is 2.21. The molecule has 1 aliphatic heterocycles. The summed E-state index contributed by atoms with van der Waals surface area (Å²) >= 11 is 3.21. The highest BCUT2D eigenvalue weighted by molar-refractivity contribution is 9.10. The molecule has 2 N–H and O–H groups in total. The predicted molar refractivity (Wildman–Crippen MR) is 75.6 cm³/mol. The van der Waals surface area contributed by atoms with Crippen molar-refractivity contribution in [1.29, 1.82) is 0 Å². The third kappa shape index (κ3) is 3.45. The number of halogens is 1. The number of likely N-dealkylation sites (tertiary alicyclic amines) is 1. The second-order valence-electron chi connectivity index (χ2n) is 4.63. The molecular formula is C12H14BrN3O4. The minimum Gasteiger partial charge on any atom is -0.465 e. The van der Waals surface area contributed by atoms with Gasteiger partial charge in [-0.25, -0.2) is 4.79 Å². The summed E-state index contributed by atoms with van der Waals surface area (Å²) in [7, 11) is 0. The van der Waals surface area contributed by atoms with E-state index < -0.39 is 11.0 Å². The molecule has 1 aliphatic rings. The van der Waals surface area contributed by atoms with Crippen molar-refractivity contribution in [2.24, 2.45) is 0 Å². The summed E-state index contributed by atoms with van der Waals surface area (Å²) in [6.07, 6.45) is -0.208. The molecule has 108 valence electrons. The summed E-state index contributed by atoms with van der Waals surface area (Å²) in [5, 5.41) is 23.0. The van der Waals surface area contributed by atoms with Gasteiger partial charge in [-0.15, -0.1) is 0 Å². The fraction of sp³-hybridized carbons (Fsp3) is 0.417. The van der Waals surface area contributed by atoms with E-state index in [0.717, 1.165) is 6.42 Å². The molecule has 1 fully saturated rings. The maximum absolute atomic E-state index is 11.0. The Bertz CT molecular complexity index is 537. The van der Waals surface area contributed by atoms with Gasteiger partial charge in [0.15, 0.2) is 0 Å². The summed E-state index contributed by atoms with van der Waals surface area (Å²) < 4.78 is 0.658. The molecule has 0 aromatic heterocycles. The van der Waals surface area contributed by atoms with Gasteiger partial charge in [0.2, 0.25) is 0 Å². The van der Waals surface area contributed by atoms with Crippen molar-refractivity contribution in [3.63, 3.8) is 0 Å². The number of nitro benzene ring substituents is 1. The molecular weight excluding hydrogens is 330 g/mol. The van der Waals surface area contributed by atoms with Crippen LogP contribution in [0.3, 0.4) is 0 Å². The van der Waals surface area contributed by atoms with Crippen molar-refractivity contribution < 1.29 is 14.8 Å². The fourth-order valence-corrected chi connectivity index (χ4v) is 2.56. The van der Waals surface area contributed by atoms with Crippen LogP contribution in [-0.2, 0) is 6.54 Å². The number of nitro groups is 1. The Balaban J connectivity index is 1.98. The van der Waals surface area contributed by atoms with Gasteiger partial charge >= 0.3 is 6.09 Å². The van der Waals surface area contributed by atoms with Crippen molar-refractivity contribution in [2.75, 3.05) is 13.1 Å². The Kier molecular flexibility index (Phi) is 4.56. The second-order valence-corrected chi connectivity index (χ2v) is 5.54. The first-order valence-electron chi connectivity index (χ1n) is 6.11. The summed E-state index contributed by atoms with van der Waals surface area (Å²) in [5.41, 5.74) is 0.645. The molecule has 1 atom stereocenters. The molecule has 0 saturated carbocycles. The maximum atomic E-state index is 11.0. The van der Waals surface area contributed by atoms with Crippen LogP contribution < -0.4 is 5.32 Å². The monoisotopic (exact) mass is 343 g/mol. The van der Waals surface area contributed by atoms with Gasteiger partial charge in [-0.2, -0.15) is 0 Å². The van der Waals surface area contributed by atoms with Gasteiger partial charge < -0.3 is 15.3 Å². The molecule has 7 nitrogen and oxygen atoms in total. The van der Waals surface area contributed by atoms with E-state index in [1.54, 1.807) is 12.1 Å². The van der Waals surface area contributed by atoms with E-state index in [0.29, 0.717) is 29.7 Å². The minimum atomic E-state index is -0.927. The second kappa shape index (κ2) is 6.19. The third-order valence-corrected chi connectivity index (χ3v) is 3.78. The number of hydrogen-bond donors (Lipinski definition) is 2. The number of carboxylic acid groups (broad SMARTS) is 1. The number of nitrogens with one attached hydrogen (secondary N) is 1. The number of rotatable bonds is 4. The van der Waals surface area contributed by atoms with Crippen LogP contribution in [0.15, 0.2) is 22.7 Å². The van der Waals surface area contributed by atoms with Crippen LogP contribution in [0.2, 0.25) is 0 Å². The number of carbonyl (C=O) groups is 1.